The van der Waals surface area contributed by atoms with Gasteiger partial charge in [-0.15, -0.1) is 0 Å². The normalized spacial score (nSPS) is 10.0. The summed E-state index contributed by atoms with van der Waals surface area (Å²) in [6.07, 6.45) is 5.10. The van der Waals surface area contributed by atoms with E-state index in [1.54, 1.807) is 36.4 Å². The van der Waals surface area contributed by atoms with Gasteiger partial charge in [-0.2, -0.15) is 0 Å². The second-order valence-corrected chi connectivity index (χ2v) is 4.74. The number of fused-ring (bicyclic) bond motifs is 1. The fraction of sp³-hybridized carbons (Fsp3) is 0. The molecule has 0 atom stereocenters. The van der Waals surface area contributed by atoms with Crippen LogP contribution in [0, 0.1) is 18.3 Å². The van der Waals surface area contributed by atoms with Gasteiger partial charge < -0.3 is 0 Å². The Balaban J connectivity index is 0.000000196. The van der Waals surface area contributed by atoms with Crippen LogP contribution < -0.4 is 5.32 Å². The molecule has 0 bridgehead atoms. The number of nitrogens with one attached hydrogen (secondary N) is 1. The van der Waals surface area contributed by atoms with Crippen molar-refractivity contribution in [2.45, 2.75) is 0 Å². The SMILES string of the molecule is C#CNc1cccc(-c2ccccc2F)n1.c1cc2cc-2c1. The molecule has 0 fully saturated rings. The first-order chi connectivity index (χ1) is 10.8. The highest BCUT2D eigenvalue weighted by molar-refractivity contribution is 5.80. The lowest BCUT2D eigenvalue weighted by atomic mass is 10.1. The molecule has 1 aromatic heterocycles. The van der Waals surface area contributed by atoms with Gasteiger partial charge in [0.25, 0.3) is 0 Å². The third-order valence-electron chi connectivity index (χ3n) is 3.21. The van der Waals surface area contributed by atoms with Crippen LogP contribution in [0.3, 0.4) is 0 Å². The quantitative estimate of drug-likeness (QED) is 0.432. The van der Waals surface area contributed by atoms with Gasteiger partial charge in [0.2, 0.25) is 0 Å². The van der Waals surface area contributed by atoms with Crippen molar-refractivity contribution in [1.82, 2.24) is 4.98 Å². The molecule has 1 N–H and O–H groups in total. The van der Waals surface area contributed by atoms with Crippen LogP contribution in [0.2, 0.25) is 0 Å². The third kappa shape index (κ3) is 3.13. The third-order valence-corrected chi connectivity index (χ3v) is 3.21. The van der Waals surface area contributed by atoms with Crippen LogP contribution >= 0.6 is 0 Å². The van der Waals surface area contributed by atoms with Crippen molar-refractivity contribution in [2.24, 2.45) is 0 Å². The van der Waals surface area contributed by atoms with E-state index in [4.69, 9.17) is 6.42 Å². The summed E-state index contributed by atoms with van der Waals surface area (Å²) in [4.78, 5) is 4.20. The summed E-state index contributed by atoms with van der Waals surface area (Å²) in [5.41, 5.74) is 3.87. The van der Waals surface area contributed by atoms with Gasteiger partial charge in [-0.05, 0) is 41.5 Å². The molecule has 2 aliphatic carbocycles. The van der Waals surface area contributed by atoms with E-state index < -0.39 is 0 Å². The molecule has 0 unspecified atom stereocenters. The van der Waals surface area contributed by atoms with Crippen molar-refractivity contribution in [2.75, 3.05) is 5.32 Å². The van der Waals surface area contributed by atoms with E-state index in [2.05, 4.69) is 40.6 Å². The summed E-state index contributed by atoms with van der Waals surface area (Å²) >= 11 is 0. The maximum atomic E-state index is 13.5. The molecule has 1 heterocycles. The molecule has 0 saturated carbocycles. The van der Waals surface area contributed by atoms with Crippen molar-refractivity contribution < 1.29 is 4.39 Å². The van der Waals surface area contributed by atoms with Gasteiger partial charge in [0, 0.05) is 11.6 Å². The van der Waals surface area contributed by atoms with Gasteiger partial charge in [-0.3, -0.25) is 5.32 Å². The Morgan fingerprint density at radius 1 is 0.909 bits per heavy atom. The average Bonchev–Trinajstić information content (AvgIpc) is 3.15. The molecule has 4 rings (SSSR count). The highest BCUT2D eigenvalue weighted by atomic mass is 19.1. The molecule has 0 aliphatic heterocycles. The molecular formula is C19H13FN2. The van der Waals surface area contributed by atoms with Gasteiger partial charge in [0.15, 0.2) is 0 Å². The molecule has 106 valence electrons. The van der Waals surface area contributed by atoms with Crippen LogP contribution in [0.15, 0.2) is 66.7 Å². The number of hydrogen-bond acceptors (Lipinski definition) is 2. The van der Waals surface area contributed by atoms with E-state index >= 15 is 0 Å². The smallest absolute Gasteiger partial charge is 0.138 e. The summed E-state index contributed by atoms with van der Waals surface area (Å²) in [5, 5.41) is 2.63. The van der Waals surface area contributed by atoms with Crippen molar-refractivity contribution in [3.05, 3.63) is 72.5 Å². The number of terminal acetylenes is 1. The molecule has 2 nitrogen and oxygen atoms in total. The Bertz CT molecular complexity index is 833. The Kier molecular flexibility index (Phi) is 3.84. The van der Waals surface area contributed by atoms with E-state index in [1.165, 1.54) is 17.2 Å². The van der Waals surface area contributed by atoms with E-state index in [9.17, 15) is 4.39 Å². The monoisotopic (exact) mass is 288 g/mol. The Morgan fingerprint density at radius 3 is 2.23 bits per heavy atom. The zero-order valence-electron chi connectivity index (χ0n) is 11.8. The van der Waals surface area contributed by atoms with Gasteiger partial charge in [-0.1, -0.05) is 42.8 Å². The summed E-state index contributed by atoms with van der Waals surface area (Å²) in [7, 11) is 0. The Hall–Kier alpha value is -3.12. The minimum Gasteiger partial charge on any atom is -0.300 e. The van der Waals surface area contributed by atoms with Crippen LogP contribution in [0.25, 0.3) is 22.4 Å². The first-order valence-electron chi connectivity index (χ1n) is 6.82. The summed E-state index contributed by atoms with van der Waals surface area (Å²) in [6, 6.07) is 22.5. The number of anilines is 1. The van der Waals surface area contributed by atoms with Crippen LogP contribution in [0.4, 0.5) is 10.2 Å². The number of aromatic nitrogens is 1. The van der Waals surface area contributed by atoms with Crippen molar-refractivity contribution in [3.63, 3.8) is 0 Å². The average molecular weight is 288 g/mol. The summed E-state index contributed by atoms with van der Waals surface area (Å²) < 4.78 is 13.5. The molecule has 2 aliphatic rings. The Morgan fingerprint density at radius 2 is 1.64 bits per heavy atom. The minimum atomic E-state index is -0.298. The second-order valence-electron chi connectivity index (χ2n) is 4.74. The maximum absolute atomic E-state index is 13.5. The number of benzene rings is 2. The van der Waals surface area contributed by atoms with Gasteiger partial charge in [-0.25, -0.2) is 9.37 Å². The Labute approximate surface area is 128 Å². The topological polar surface area (TPSA) is 24.9 Å². The van der Waals surface area contributed by atoms with Crippen molar-refractivity contribution >= 4 is 5.82 Å². The minimum absolute atomic E-state index is 0.298. The summed E-state index contributed by atoms with van der Waals surface area (Å²) in [6.45, 7) is 0. The zero-order chi connectivity index (χ0) is 15.4. The van der Waals surface area contributed by atoms with E-state index in [0.29, 0.717) is 17.1 Å². The highest BCUT2D eigenvalue weighted by Gasteiger charge is 2.07. The molecule has 0 amide bonds. The molecule has 0 spiro atoms. The molecule has 1 aromatic carbocycles. The highest BCUT2D eigenvalue weighted by Crippen LogP contribution is 2.32. The molecule has 2 aromatic rings. The lowest BCUT2D eigenvalue weighted by molar-refractivity contribution is 0.631. The molecule has 3 heteroatoms. The molecule has 22 heavy (non-hydrogen) atoms. The molecular weight excluding hydrogens is 275 g/mol. The van der Waals surface area contributed by atoms with Crippen molar-refractivity contribution in [1.29, 1.82) is 0 Å². The van der Waals surface area contributed by atoms with Crippen LogP contribution in [-0.2, 0) is 0 Å². The predicted octanol–water partition coefficient (Wildman–Crippen LogP) is 4.56. The fourth-order valence-corrected chi connectivity index (χ4v) is 2.07. The first-order valence-corrected chi connectivity index (χ1v) is 6.82. The largest absolute Gasteiger partial charge is 0.300 e. The summed E-state index contributed by atoms with van der Waals surface area (Å²) in [5.74, 6) is 0.233. The fourth-order valence-electron chi connectivity index (χ4n) is 2.07. The van der Waals surface area contributed by atoms with Gasteiger partial charge in [0.05, 0.1) is 5.69 Å². The van der Waals surface area contributed by atoms with Crippen molar-refractivity contribution in [3.8, 4) is 34.9 Å². The number of nitrogens with zero attached hydrogens (tertiary/aromatic N) is 1. The van der Waals surface area contributed by atoms with Crippen LogP contribution in [-0.4, -0.2) is 4.98 Å². The van der Waals surface area contributed by atoms with Crippen LogP contribution in [0.1, 0.15) is 0 Å². The lowest BCUT2D eigenvalue weighted by Gasteiger charge is -2.04. The number of pyridine rings is 1. The number of halogens is 1. The first kappa shape index (κ1) is 13.8. The van der Waals surface area contributed by atoms with Gasteiger partial charge in [0.1, 0.15) is 11.6 Å². The zero-order valence-corrected chi connectivity index (χ0v) is 11.8. The predicted molar refractivity (Wildman–Crippen MR) is 87.5 cm³/mol. The number of rotatable bonds is 2. The lowest BCUT2D eigenvalue weighted by Crippen LogP contribution is -1.93. The van der Waals surface area contributed by atoms with E-state index in [0.717, 1.165) is 0 Å². The van der Waals surface area contributed by atoms with Crippen LogP contribution in [0.5, 0.6) is 0 Å². The molecule has 0 radical (unpaired) electrons. The van der Waals surface area contributed by atoms with Gasteiger partial charge >= 0.3 is 0 Å². The van der Waals surface area contributed by atoms with E-state index in [1.807, 2.05) is 0 Å². The maximum Gasteiger partial charge on any atom is 0.138 e. The second kappa shape index (κ2) is 6.11. The van der Waals surface area contributed by atoms with E-state index in [-0.39, 0.29) is 5.82 Å². The standard InChI is InChI=1S/C13H9FN2.C6H4/c1-2-15-13-9-5-8-12(16-13)10-6-3-4-7-11(10)14;1-2-5-4-6(5)3-1/h1,3-9H,(H,15,16);1-4H. The molecule has 0 saturated heterocycles. The number of hydrogen-bond donors (Lipinski definition) is 1.